The maximum atomic E-state index is 15.4. The van der Waals surface area contributed by atoms with Gasteiger partial charge >= 0.3 is 0 Å². The predicted octanol–water partition coefficient (Wildman–Crippen LogP) is 4.66. The third-order valence-corrected chi connectivity index (χ3v) is 14.3. The molecule has 0 aliphatic carbocycles. The number of benzene rings is 2. The summed E-state index contributed by atoms with van der Waals surface area (Å²) in [6.07, 6.45) is 0.906. The van der Waals surface area contributed by atoms with Crippen molar-refractivity contribution in [3.8, 4) is 0 Å². The number of nitrogens with zero attached hydrogens (tertiary/aromatic N) is 3. The van der Waals surface area contributed by atoms with Crippen molar-refractivity contribution < 1.29 is 48.1 Å². The molecule has 0 radical (unpaired) electrons. The Balaban J connectivity index is 1.72. The van der Waals surface area contributed by atoms with Crippen LogP contribution in [-0.4, -0.2) is 137 Å². The third kappa shape index (κ3) is 13.8. The van der Waals surface area contributed by atoms with Gasteiger partial charge in [0.05, 0.1) is 12.1 Å². The van der Waals surface area contributed by atoms with Gasteiger partial charge in [0.2, 0.25) is 41.4 Å². The molecule has 3 heterocycles. The number of fused-ring (bicyclic) bond motifs is 1. The van der Waals surface area contributed by atoms with Gasteiger partial charge in [-0.2, -0.15) is 0 Å². The number of epoxide rings is 1. The van der Waals surface area contributed by atoms with Crippen LogP contribution in [0.1, 0.15) is 119 Å². The molecule has 18 nitrogen and oxygen atoms in total. The monoisotopic (exact) mass is 1030 g/mol. The van der Waals surface area contributed by atoms with Crippen molar-refractivity contribution in [3.63, 3.8) is 0 Å². The first-order chi connectivity index (χ1) is 34.7. The number of allylic oxidation sites excluding steroid dienone is 1. The lowest BCUT2D eigenvalue weighted by atomic mass is 9.94. The highest BCUT2D eigenvalue weighted by Gasteiger charge is 2.45. The fourth-order valence-electron chi connectivity index (χ4n) is 9.85. The molecule has 2 aliphatic rings. The Kier molecular flexibility index (Phi) is 19.8. The van der Waals surface area contributed by atoms with E-state index in [2.05, 4.69) is 26.6 Å². The lowest BCUT2D eigenvalue weighted by molar-refractivity contribution is -0.146. The number of ether oxygens (including phenoxy) is 2. The Morgan fingerprint density at radius 3 is 1.72 bits per heavy atom. The number of likely N-dealkylation sites (N-methyl/N-ethyl adjacent to an activating group) is 2. The van der Waals surface area contributed by atoms with Crippen LogP contribution in [0.5, 0.6) is 0 Å². The van der Waals surface area contributed by atoms with E-state index >= 15 is 9.59 Å². The van der Waals surface area contributed by atoms with Crippen molar-refractivity contribution >= 4 is 52.3 Å². The van der Waals surface area contributed by atoms with E-state index in [1.807, 2.05) is 84.2 Å². The van der Waals surface area contributed by atoms with Crippen molar-refractivity contribution in [1.29, 1.82) is 0 Å². The van der Waals surface area contributed by atoms with Crippen molar-refractivity contribution in [2.75, 3.05) is 27.8 Å². The smallest absolute Gasteiger partial charge is 0.248 e. The lowest BCUT2D eigenvalue weighted by Crippen LogP contribution is -2.62. The van der Waals surface area contributed by atoms with Crippen LogP contribution >= 0.6 is 0 Å². The molecule has 0 spiro atoms. The number of aromatic nitrogens is 1. The molecule has 11 unspecified atom stereocenters. The van der Waals surface area contributed by atoms with E-state index < -0.39 is 113 Å². The first-order valence-corrected chi connectivity index (χ1v) is 25.9. The van der Waals surface area contributed by atoms with E-state index in [-0.39, 0.29) is 30.8 Å². The summed E-state index contributed by atoms with van der Waals surface area (Å²) in [6.45, 7) is 22.4. The van der Waals surface area contributed by atoms with E-state index in [1.54, 1.807) is 63.4 Å². The SMILES string of the molecule is COC(c1ccccc1)C1NC(=O)C(C)NC(=O)C(CC(C)C)N(C)C(=O)C(C(O)c2cn(C(C)(C)C3CO3)c3ccccc23)NC(=O)C(C(C)C=C(C)C)NC(=O)C(CC(C)C)N(C)C(=O)C(C(C)C)NC1=O. The number of para-hydroxylation sites is 1. The molecule has 1 aromatic heterocycles. The second-order valence-electron chi connectivity index (χ2n) is 22.2. The summed E-state index contributed by atoms with van der Waals surface area (Å²) in [5, 5.41) is 27.5. The Bertz CT molecular complexity index is 2510. The van der Waals surface area contributed by atoms with Crippen LogP contribution in [0.2, 0.25) is 0 Å². The molecule has 2 saturated heterocycles. The van der Waals surface area contributed by atoms with Gasteiger partial charge < -0.3 is 55.5 Å². The van der Waals surface area contributed by atoms with Gasteiger partial charge in [-0.15, -0.1) is 0 Å². The van der Waals surface area contributed by atoms with E-state index in [4.69, 9.17) is 9.47 Å². The van der Waals surface area contributed by atoms with Gasteiger partial charge in [-0.3, -0.25) is 33.6 Å². The summed E-state index contributed by atoms with van der Waals surface area (Å²) in [7, 11) is 4.26. The fourth-order valence-corrected chi connectivity index (χ4v) is 9.85. The molecule has 2 fully saturated rings. The Morgan fingerprint density at radius 2 is 1.19 bits per heavy atom. The molecule has 2 aromatic carbocycles. The average molecular weight is 1030 g/mol. The van der Waals surface area contributed by atoms with Crippen molar-refractivity contribution in [2.45, 2.75) is 162 Å². The Hall–Kier alpha value is -6.11. The highest BCUT2D eigenvalue weighted by Crippen LogP contribution is 2.38. The van der Waals surface area contributed by atoms with E-state index in [0.29, 0.717) is 23.1 Å². The van der Waals surface area contributed by atoms with E-state index in [1.165, 1.54) is 37.9 Å². The molecular formula is C56H82N8O10. The summed E-state index contributed by atoms with van der Waals surface area (Å²) >= 11 is 0. The number of hydrogen-bond acceptors (Lipinski definition) is 10. The third-order valence-electron chi connectivity index (χ3n) is 14.3. The number of aliphatic hydroxyl groups is 1. The standard InChI is InChI=1S/C56H82N8O10/c1-30(2)25-34(9)44-52(69)60-45(47(65)38-28-64(56(11,12)42-29-74-42)39-24-20-19-23-37(38)39)55(72)63(14)40(26-31(3)4)50(67)57-35(10)49(66)61-46(48(73-15)36-21-17-16-18-22-36)53(70)58-43(33(7)8)54(71)62(13)41(27-32(5)6)51(68)59-44/h16-25,28,31-35,40-48,65H,26-27,29H2,1-15H3,(H,57,67)(H,58,70)(H,59,68)(H,60,69)(H,61,66). The van der Waals surface area contributed by atoms with Gasteiger partial charge in [0, 0.05) is 49.8 Å². The summed E-state index contributed by atoms with van der Waals surface area (Å²) < 4.78 is 13.6. The Labute approximate surface area is 437 Å². The zero-order valence-electron chi connectivity index (χ0n) is 46.0. The summed E-state index contributed by atoms with van der Waals surface area (Å²) in [4.78, 5) is 106. The molecule has 0 bridgehead atoms. The Morgan fingerprint density at radius 1 is 0.703 bits per heavy atom. The normalized spacial score (nSPS) is 25.7. The van der Waals surface area contributed by atoms with Gasteiger partial charge in [-0.25, -0.2) is 0 Å². The minimum absolute atomic E-state index is 0.102. The van der Waals surface area contributed by atoms with Gasteiger partial charge in [0.15, 0.2) is 0 Å². The maximum absolute atomic E-state index is 15.4. The zero-order valence-corrected chi connectivity index (χ0v) is 46.0. The number of carbonyl (C=O) groups is 7. The first-order valence-electron chi connectivity index (χ1n) is 25.9. The van der Waals surface area contributed by atoms with Crippen LogP contribution in [0.3, 0.4) is 0 Å². The number of carbonyl (C=O) groups excluding carboxylic acids is 7. The van der Waals surface area contributed by atoms with Crippen molar-refractivity contribution in [3.05, 3.63) is 83.6 Å². The van der Waals surface area contributed by atoms with E-state index in [0.717, 1.165) is 11.1 Å². The van der Waals surface area contributed by atoms with Crippen LogP contribution in [0.25, 0.3) is 10.9 Å². The molecule has 3 aromatic rings. The first kappa shape index (κ1) is 58.8. The zero-order chi connectivity index (χ0) is 55.1. The number of amides is 7. The van der Waals surface area contributed by atoms with Crippen LogP contribution < -0.4 is 26.6 Å². The minimum atomic E-state index is -1.74. The number of nitrogens with one attached hydrogen (secondary N) is 5. The topological polar surface area (TPSA) is 233 Å². The molecule has 406 valence electrons. The van der Waals surface area contributed by atoms with Gasteiger partial charge in [-0.1, -0.05) is 109 Å². The molecule has 7 amide bonds. The van der Waals surface area contributed by atoms with E-state index in [9.17, 15) is 29.1 Å². The highest BCUT2D eigenvalue weighted by molar-refractivity contribution is 5.99. The summed E-state index contributed by atoms with van der Waals surface area (Å²) in [5.41, 5.74) is 1.85. The van der Waals surface area contributed by atoms with Crippen LogP contribution in [0.4, 0.5) is 0 Å². The molecule has 0 saturated carbocycles. The molecular weight excluding hydrogens is 945 g/mol. The second kappa shape index (κ2) is 24.9. The quantitative estimate of drug-likeness (QED) is 0.0966. The lowest BCUT2D eigenvalue weighted by Gasteiger charge is -2.36. The second-order valence-corrected chi connectivity index (χ2v) is 22.2. The molecule has 11 atom stereocenters. The largest absolute Gasteiger partial charge is 0.386 e. The number of hydrogen-bond donors (Lipinski definition) is 6. The van der Waals surface area contributed by atoms with Gasteiger partial charge in [0.1, 0.15) is 60.6 Å². The molecule has 74 heavy (non-hydrogen) atoms. The van der Waals surface area contributed by atoms with Gasteiger partial charge in [-0.05, 0) is 76.8 Å². The van der Waals surface area contributed by atoms with Crippen molar-refractivity contribution in [2.24, 2.45) is 23.7 Å². The number of rotatable bonds is 14. The number of aliphatic hydroxyl groups excluding tert-OH is 1. The van der Waals surface area contributed by atoms with Crippen LogP contribution in [0.15, 0.2) is 72.4 Å². The number of methoxy groups -OCH3 is 1. The van der Waals surface area contributed by atoms with Crippen molar-refractivity contribution in [1.82, 2.24) is 41.0 Å². The molecule has 6 N–H and O–H groups in total. The average Bonchev–Trinajstić information content (AvgIpc) is 4.14. The van der Waals surface area contributed by atoms with Crippen LogP contribution in [-0.2, 0) is 48.6 Å². The fraction of sp³-hybridized carbons (Fsp3) is 0.589. The minimum Gasteiger partial charge on any atom is -0.386 e. The molecule has 2 aliphatic heterocycles. The molecule has 5 rings (SSSR count). The van der Waals surface area contributed by atoms with Gasteiger partial charge in [0.25, 0.3) is 0 Å². The summed E-state index contributed by atoms with van der Waals surface area (Å²) in [6, 6.07) is 6.68. The highest BCUT2D eigenvalue weighted by atomic mass is 16.6. The maximum Gasteiger partial charge on any atom is 0.248 e. The molecule has 18 heteroatoms. The summed E-state index contributed by atoms with van der Waals surface area (Å²) in [5.74, 6) is -6.72. The predicted molar refractivity (Wildman–Crippen MR) is 283 cm³/mol. The van der Waals surface area contributed by atoms with Crippen LogP contribution in [0, 0.1) is 23.7 Å².